The molecule has 1 N–H and O–H groups in total. The number of halogens is 2. The number of anilines is 1. The van der Waals surface area contributed by atoms with Gasteiger partial charge in [0.05, 0.1) is 11.4 Å². The molecule has 0 saturated heterocycles. The molecule has 2 rings (SSSR count). The molecule has 5 nitrogen and oxygen atoms in total. The van der Waals surface area contributed by atoms with Crippen molar-refractivity contribution in [1.29, 1.82) is 0 Å². The number of nitrogens with zero attached hydrogens (tertiary/aromatic N) is 2. The van der Waals surface area contributed by atoms with Crippen molar-refractivity contribution in [2.75, 3.05) is 5.32 Å². The van der Waals surface area contributed by atoms with Gasteiger partial charge in [0, 0.05) is 10.5 Å². The van der Waals surface area contributed by atoms with Crippen LogP contribution in [-0.2, 0) is 11.3 Å². The van der Waals surface area contributed by atoms with Crippen LogP contribution in [0.3, 0.4) is 0 Å². The van der Waals surface area contributed by atoms with Crippen LogP contribution >= 0.6 is 15.9 Å². The lowest BCUT2D eigenvalue weighted by Crippen LogP contribution is -2.29. The first kappa shape index (κ1) is 14.4. The quantitative estimate of drug-likeness (QED) is 0.931. The van der Waals surface area contributed by atoms with E-state index in [1.54, 1.807) is 19.1 Å². The number of aromatic nitrogens is 2. The zero-order valence-electron chi connectivity index (χ0n) is 10.6. The van der Waals surface area contributed by atoms with Gasteiger partial charge in [-0.15, -0.1) is 0 Å². The molecule has 1 amide bonds. The van der Waals surface area contributed by atoms with Crippen LogP contribution in [0.4, 0.5) is 10.1 Å². The molecule has 0 atom stereocenters. The Bertz CT molecular complexity index is 715. The van der Waals surface area contributed by atoms with E-state index in [4.69, 9.17) is 0 Å². The zero-order valence-corrected chi connectivity index (χ0v) is 12.1. The fourth-order valence-electron chi connectivity index (χ4n) is 1.58. The molecule has 1 aromatic heterocycles. The van der Waals surface area contributed by atoms with Gasteiger partial charge < -0.3 is 5.32 Å². The van der Waals surface area contributed by atoms with Crippen LogP contribution in [0.2, 0.25) is 0 Å². The Kier molecular flexibility index (Phi) is 4.29. The van der Waals surface area contributed by atoms with Gasteiger partial charge in [0.1, 0.15) is 12.4 Å². The number of hydrogen-bond donors (Lipinski definition) is 1. The highest BCUT2D eigenvalue weighted by molar-refractivity contribution is 9.10. The van der Waals surface area contributed by atoms with E-state index in [0.29, 0.717) is 10.2 Å². The van der Waals surface area contributed by atoms with E-state index in [1.165, 1.54) is 18.2 Å². The van der Waals surface area contributed by atoms with Gasteiger partial charge in [0.2, 0.25) is 5.91 Å². The normalized spacial score (nSPS) is 10.3. The molecule has 1 heterocycles. The second kappa shape index (κ2) is 5.96. The number of aryl methyl sites for hydroxylation is 1. The standard InChI is InChI=1S/C13H11BrFN3O2/c1-8-2-5-13(20)18(17-8)7-12(19)16-11-4-3-9(14)6-10(11)15/h2-6H,7H2,1H3,(H,16,19). The molecule has 0 saturated carbocycles. The van der Waals surface area contributed by atoms with Crippen LogP contribution in [-0.4, -0.2) is 15.7 Å². The lowest BCUT2D eigenvalue weighted by atomic mass is 10.3. The van der Waals surface area contributed by atoms with Crippen molar-refractivity contribution in [3.05, 3.63) is 56.7 Å². The molecule has 0 bridgehead atoms. The lowest BCUT2D eigenvalue weighted by molar-refractivity contribution is -0.117. The number of carbonyl (C=O) groups excluding carboxylic acids is 1. The lowest BCUT2D eigenvalue weighted by Gasteiger charge is -2.08. The topological polar surface area (TPSA) is 64.0 Å². The average molecular weight is 340 g/mol. The third-order valence-electron chi connectivity index (χ3n) is 2.50. The minimum absolute atomic E-state index is 0.0545. The molecular weight excluding hydrogens is 329 g/mol. The molecule has 104 valence electrons. The van der Waals surface area contributed by atoms with Crippen molar-refractivity contribution < 1.29 is 9.18 Å². The summed E-state index contributed by atoms with van der Waals surface area (Å²) in [7, 11) is 0. The van der Waals surface area contributed by atoms with Gasteiger partial charge in [-0.05, 0) is 31.2 Å². The summed E-state index contributed by atoms with van der Waals surface area (Å²) in [5, 5.41) is 6.33. The Morgan fingerprint density at radius 1 is 1.40 bits per heavy atom. The molecule has 0 spiro atoms. The van der Waals surface area contributed by atoms with E-state index >= 15 is 0 Å². The highest BCUT2D eigenvalue weighted by atomic mass is 79.9. The summed E-state index contributed by atoms with van der Waals surface area (Å²) >= 11 is 3.13. The smallest absolute Gasteiger partial charge is 0.267 e. The Hall–Kier alpha value is -2.02. The number of amides is 1. The molecule has 0 aliphatic heterocycles. The van der Waals surface area contributed by atoms with Crippen LogP contribution in [0.25, 0.3) is 0 Å². The third kappa shape index (κ3) is 3.51. The van der Waals surface area contributed by atoms with Crippen LogP contribution < -0.4 is 10.9 Å². The average Bonchev–Trinajstić information content (AvgIpc) is 2.37. The largest absolute Gasteiger partial charge is 0.322 e. The van der Waals surface area contributed by atoms with Gasteiger partial charge in [0.15, 0.2) is 0 Å². The highest BCUT2D eigenvalue weighted by Gasteiger charge is 2.09. The maximum absolute atomic E-state index is 13.6. The van der Waals surface area contributed by atoms with E-state index < -0.39 is 11.7 Å². The summed E-state index contributed by atoms with van der Waals surface area (Å²) in [4.78, 5) is 23.3. The van der Waals surface area contributed by atoms with Gasteiger partial charge in [-0.1, -0.05) is 15.9 Å². The fourth-order valence-corrected chi connectivity index (χ4v) is 1.91. The van der Waals surface area contributed by atoms with E-state index in [-0.39, 0.29) is 17.8 Å². The van der Waals surface area contributed by atoms with Gasteiger partial charge in [0.25, 0.3) is 5.56 Å². The van der Waals surface area contributed by atoms with Gasteiger partial charge >= 0.3 is 0 Å². The molecule has 0 unspecified atom stereocenters. The van der Waals surface area contributed by atoms with Crippen LogP contribution in [0.5, 0.6) is 0 Å². The number of hydrogen-bond acceptors (Lipinski definition) is 3. The summed E-state index contributed by atoms with van der Waals surface area (Å²) in [6, 6.07) is 7.17. The van der Waals surface area contributed by atoms with Gasteiger partial charge in [-0.3, -0.25) is 9.59 Å². The van der Waals surface area contributed by atoms with E-state index in [9.17, 15) is 14.0 Å². The zero-order chi connectivity index (χ0) is 14.7. The van der Waals surface area contributed by atoms with Crippen molar-refractivity contribution in [2.24, 2.45) is 0 Å². The summed E-state index contributed by atoms with van der Waals surface area (Å²) in [6.07, 6.45) is 0. The number of carbonyl (C=O) groups is 1. The molecule has 0 fully saturated rings. The minimum Gasteiger partial charge on any atom is -0.322 e. The predicted octanol–water partition coefficient (Wildman–Crippen LogP) is 2.09. The monoisotopic (exact) mass is 339 g/mol. The number of nitrogens with one attached hydrogen (secondary N) is 1. The third-order valence-corrected chi connectivity index (χ3v) is 2.99. The van der Waals surface area contributed by atoms with Crippen molar-refractivity contribution in [1.82, 2.24) is 9.78 Å². The molecule has 0 aliphatic rings. The van der Waals surface area contributed by atoms with Crippen LogP contribution in [0.1, 0.15) is 5.69 Å². The van der Waals surface area contributed by atoms with E-state index in [0.717, 1.165) is 4.68 Å². The molecule has 0 radical (unpaired) electrons. The summed E-state index contributed by atoms with van der Waals surface area (Å²) in [6.45, 7) is 1.44. The number of rotatable bonds is 3. The first-order valence-electron chi connectivity index (χ1n) is 5.75. The maximum Gasteiger partial charge on any atom is 0.267 e. The molecule has 0 aliphatic carbocycles. The molecule has 20 heavy (non-hydrogen) atoms. The highest BCUT2D eigenvalue weighted by Crippen LogP contribution is 2.19. The Morgan fingerprint density at radius 2 is 2.15 bits per heavy atom. The summed E-state index contributed by atoms with van der Waals surface area (Å²) < 4.78 is 15.2. The van der Waals surface area contributed by atoms with Crippen molar-refractivity contribution in [3.63, 3.8) is 0 Å². The summed E-state index contributed by atoms with van der Waals surface area (Å²) in [5.41, 5.74) is 0.285. The van der Waals surface area contributed by atoms with Crippen molar-refractivity contribution >= 4 is 27.5 Å². The molecule has 7 heteroatoms. The van der Waals surface area contributed by atoms with E-state index in [1.807, 2.05) is 0 Å². The second-order valence-corrected chi connectivity index (χ2v) is 5.06. The SMILES string of the molecule is Cc1ccc(=O)n(CC(=O)Nc2ccc(Br)cc2F)n1. The Balaban J connectivity index is 2.13. The first-order valence-corrected chi connectivity index (χ1v) is 6.54. The molecular formula is C13H11BrFN3O2. The second-order valence-electron chi connectivity index (χ2n) is 4.14. The Morgan fingerprint density at radius 3 is 2.85 bits per heavy atom. The maximum atomic E-state index is 13.6. The number of benzene rings is 1. The van der Waals surface area contributed by atoms with Crippen molar-refractivity contribution in [2.45, 2.75) is 13.5 Å². The van der Waals surface area contributed by atoms with Crippen LogP contribution in [0.15, 0.2) is 39.6 Å². The van der Waals surface area contributed by atoms with Crippen molar-refractivity contribution in [3.8, 4) is 0 Å². The Labute approximate surface area is 122 Å². The fraction of sp³-hybridized carbons (Fsp3) is 0.154. The first-order chi connectivity index (χ1) is 9.45. The summed E-state index contributed by atoms with van der Waals surface area (Å²) in [5.74, 6) is -1.08. The van der Waals surface area contributed by atoms with Gasteiger partial charge in [-0.2, -0.15) is 5.10 Å². The predicted molar refractivity (Wildman–Crippen MR) is 76.0 cm³/mol. The van der Waals surface area contributed by atoms with E-state index in [2.05, 4.69) is 26.3 Å². The van der Waals surface area contributed by atoms with Crippen LogP contribution in [0, 0.1) is 12.7 Å². The molecule has 1 aromatic carbocycles. The van der Waals surface area contributed by atoms with Gasteiger partial charge in [-0.25, -0.2) is 9.07 Å². The minimum atomic E-state index is -0.558. The molecule has 2 aromatic rings.